The van der Waals surface area contributed by atoms with E-state index in [0.29, 0.717) is 5.02 Å². The molecular formula is C12H15ClN2O. The van der Waals surface area contributed by atoms with Gasteiger partial charge in [0.1, 0.15) is 6.10 Å². The monoisotopic (exact) mass is 238 g/mol. The molecule has 0 radical (unpaired) electrons. The van der Waals surface area contributed by atoms with Gasteiger partial charge in [-0.15, -0.1) is 0 Å². The van der Waals surface area contributed by atoms with Crippen LogP contribution in [-0.2, 0) is 0 Å². The van der Waals surface area contributed by atoms with Gasteiger partial charge in [-0.1, -0.05) is 24.6 Å². The van der Waals surface area contributed by atoms with Gasteiger partial charge in [-0.05, 0) is 30.0 Å². The van der Waals surface area contributed by atoms with Crippen LogP contribution in [0.2, 0.25) is 5.02 Å². The second-order valence-electron chi connectivity index (χ2n) is 3.97. The maximum Gasteiger partial charge on any atom is 0.109 e. The van der Waals surface area contributed by atoms with Crippen molar-refractivity contribution in [2.45, 2.75) is 25.5 Å². The number of halogens is 1. The number of aromatic amines is 1. The first-order valence-electron chi connectivity index (χ1n) is 5.33. The largest absolute Gasteiger partial charge is 0.385 e. The highest BCUT2D eigenvalue weighted by atomic mass is 35.5. The minimum atomic E-state index is -0.656. The molecule has 1 aromatic carbocycles. The van der Waals surface area contributed by atoms with Crippen LogP contribution in [0.3, 0.4) is 0 Å². The van der Waals surface area contributed by atoms with E-state index in [2.05, 4.69) is 4.98 Å². The first-order valence-corrected chi connectivity index (χ1v) is 5.71. The van der Waals surface area contributed by atoms with Gasteiger partial charge in [0, 0.05) is 22.3 Å². The van der Waals surface area contributed by atoms with Gasteiger partial charge in [-0.3, -0.25) is 0 Å². The number of benzene rings is 1. The van der Waals surface area contributed by atoms with Gasteiger partial charge < -0.3 is 15.8 Å². The van der Waals surface area contributed by atoms with Crippen LogP contribution in [0.5, 0.6) is 0 Å². The van der Waals surface area contributed by atoms with Crippen LogP contribution in [0.25, 0.3) is 10.9 Å². The van der Waals surface area contributed by atoms with Crippen molar-refractivity contribution in [2.75, 3.05) is 0 Å². The Morgan fingerprint density at radius 1 is 1.44 bits per heavy atom. The highest BCUT2D eigenvalue weighted by Crippen LogP contribution is 2.24. The standard InChI is InChI=1S/C12H15ClN2O/c1-2-9(14)12(16)11-5-7-3-4-8(13)6-10(7)15-11/h3-6,9,12,15-16H,2,14H2,1H3. The number of rotatable bonds is 3. The number of fused-ring (bicyclic) bond motifs is 1. The summed E-state index contributed by atoms with van der Waals surface area (Å²) in [5, 5.41) is 11.7. The lowest BCUT2D eigenvalue weighted by atomic mass is 10.1. The number of hydrogen-bond donors (Lipinski definition) is 3. The van der Waals surface area contributed by atoms with Gasteiger partial charge in [-0.25, -0.2) is 0 Å². The van der Waals surface area contributed by atoms with Crippen molar-refractivity contribution < 1.29 is 5.11 Å². The third-order valence-corrected chi connectivity index (χ3v) is 3.04. The third kappa shape index (κ3) is 2.07. The fourth-order valence-electron chi connectivity index (χ4n) is 1.73. The SMILES string of the molecule is CCC(N)C(O)c1cc2ccc(Cl)cc2[nH]1. The van der Waals surface area contributed by atoms with Gasteiger partial charge in [0.15, 0.2) is 0 Å². The van der Waals surface area contributed by atoms with Gasteiger partial charge in [-0.2, -0.15) is 0 Å². The predicted octanol–water partition coefficient (Wildman–Crippen LogP) is 2.59. The van der Waals surface area contributed by atoms with Crippen LogP contribution < -0.4 is 5.73 Å². The van der Waals surface area contributed by atoms with E-state index in [1.54, 1.807) is 0 Å². The van der Waals surface area contributed by atoms with Crippen LogP contribution in [0.4, 0.5) is 0 Å². The fraction of sp³-hybridized carbons (Fsp3) is 0.333. The van der Waals surface area contributed by atoms with Crippen molar-refractivity contribution in [3.8, 4) is 0 Å². The maximum absolute atomic E-state index is 9.97. The molecule has 2 aromatic rings. The lowest BCUT2D eigenvalue weighted by Gasteiger charge is -2.15. The van der Waals surface area contributed by atoms with E-state index in [1.807, 2.05) is 31.2 Å². The number of nitrogens with one attached hydrogen (secondary N) is 1. The topological polar surface area (TPSA) is 62.0 Å². The molecule has 0 fully saturated rings. The van der Waals surface area contributed by atoms with Crippen LogP contribution in [0, 0.1) is 0 Å². The molecule has 0 spiro atoms. The zero-order chi connectivity index (χ0) is 11.7. The van der Waals surface area contributed by atoms with Crippen LogP contribution >= 0.6 is 11.6 Å². The first kappa shape index (κ1) is 11.5. The molecular weight excluding hydrogens is 224 g/mol. The Labute approximate surface area is 99.2 Å². The summed E-state index contributed by atoms with van der Waals surface area (Å²) in [7, 11) is 0. The Morgan fingerprint density at radius 3 is 2.88 bits per heavy atom. The third-order valence-electron chi connectivity index (χ3n) is 2.80. The number of nitrogens with two attached hydrogens (primary N) is 1. The molecule has 86 valence electrons. The summed E-state index contributed by atoms with van der Waals surface area (Å²) in [6.45, 7) is 1.95. The molecule has 0 aliphatic carbocycles. The lowest BCUT2D eigenvalue weighted by Crippen LogP contribution is -2.27. The number of H-pyrrole nitrogens is 1. The molecule has 2 atom stereocenters. The zero-order valence-corrected chi connectivity index (χ0v) is 9.83. The van der Waals surface area contributed by atoms with Crippen molar-refractivity contribution >= 4 is 22.5 Å². The molecule has 0 bridgehead atoms. The van der Waals surface area contributed by atoms with Crippen molar-refractivity contribution in [2.24, 2.45) is 5.73 Å². The van der Waals surface area contributed by atoms with E-state index in [4.69, 9.17) is 17.3 Å². The Morgan fingerprint density at radius 2 is 2.19 bits per heavy atom. The van der Waals surface area contributed by atoms with Gasteiger partial charge in [0.25, 0.3) is 0 Å². The molecule has 2 rings (SSSR count). The van der Waals surface area contributed by atoms with E-state index in [1.165, 1.54) is 0 Å². The van der Waals surface area contributed by atoms with E-state index in [0.717, 1.165) is 23.0 Å². The highest BCUT2D eigenvalue weighted by Gasteiger charge is 2.17. The lowest BCUT2D eigenvalue weighted by molar-refractivity contribution is 0.141. The van der Waals surface area contributed by atoms with Crippen molar-refractivity contribution in [3.63, 3.8) is 0 Å². The maximum atomic E-state index is 9.97. The molecule has 0 amide bonds. The van der Waals surface area contributed by atoms with Crippen LogP contribution in [0.15, 0.2) is 24.3 Å². The predicted molar refractivity (Wildman–Crippen MR) is 66.5 cm³/mol. The summed E-state index contributed by atoms with van der Waals surface area (Å²) >= 11 is 5.89. The number of hydrogen-bond acceptors (Lipinski definition) is 2. The van der Waals surface area contributed by atoms with Gasteiger partial charge in [0.2, 0.25) is 0 Å². The van der Waals surface area contributed by atoms with Crippen molar-refractivity contribution in [3.05, 3.63) is 35.0 Å². The van der Waals surface area contributed by atoms with Crippen LogP contribution in [-0.4, -0.2) is 16.1 Å². The molecule has 1 aromatic heterocycles. The summed E-state index contributed by atoms with van der Waals surface area (Å²) < 4.78 is 0. The molecule has 1 heterocycles. The molecule has 4 N–H and O–H groups in total. The summed E-state index contributed by atoms with van der Waals surface area (Å²) in [6.07, 6.45) is 0.0771. The van der Waals surface area contributed by atoms with E-state index in [9.17, 15) is 5.11 Å². The minimum Gasteiger partial charge on any atom is -0.385 e. The van der Waals surface area contributed by atoms with Crippen LogP contribution in [0.1, 0.15) is 25.1 Å². The Kier molecular flexibility index (Phi) is 3.19. The second-order valence-corrected chi connectivity index (χ2v) is 4.41. The molecule has 0 aliphatic heterocycles. The second kappa shape index (κ2) is 4.45. The molecule has 4 heteroatoms. The molecule has 0 aliphatic rings. The van der Waals surface area contributed by atoms with E-state index >= 15 is 0 Å². The Hall–Kier alpha value is -1.03. The summed E-state index contributed by atoms with van der Waals surface area (Å²) in [4.78, 5) is 3.14. The molecule has 16 heavy (non-hydrogen) atoms. The quantitative estimate of drug-likeness (QED) is 0.770. The average molecular weight is 239 g/mol. The van der Waals surface area contributed by atoms with Crippen molar-refractivity contribution in [1.29, 1.82) is 0 Å². The Balaban J connectivity index is 2.39. The fourth-order valence-corrected chi connectivity index (χ4v) is 1.91. The average Bonchev–Trinajstić information content (AvgIpc) is 2.69. The van der Waals surface area contributed by atoms with Gasteiger partial charge >= 0.3 is 0 Å². The molecule has 2 unspecified atom stereocenters. The summed E-state index contributed by atoms with van der Waals surface area (Å²) in [5.41, 5.74) is 7.47. The summed E-state index contributed by atoms with van der Waals surface area (Å²) in [5.74, 6) is 0. The first-order chi connectivity index (χ1) is 7.61. The Bertz CT molecular complexity index is 495. The van der Waals surface area contributed by atoms with Gasteiger partial charge in [0.05, 0.1) is 0 Å². The molecule has 3 nitrogen and oxygen atoms in total. The zero-order valence-electron chi connectivity index (χ0n) is 9.07. The van der Waals surface area contributed by atoms with E-state index < -0.39 is 6.10 Å². The van der Waals surface area contributed by atoms with Crippen molar-refractivity contribution in [1.82, 2.24) is 4.98 Å². The molecule has 0 saturated heterocycles. The number of aromatic nitrogens is 1. The van der Waals surface area contributed by atoms with E-state index in [-0.39, 0.29) is 6.04 Å². The number of aliphatic hydroxyl groups is 1. The summed E-state index contributed by atoms with van der Waals surface area (Å²) in [6, 6.07) is 7.25. The highest BCUT2D eigenvalue weighted by molar-refractivity contribution is 6.31. The minimum absolute atomic E-state index is 0.247. The molecule has 0 saturated carbocycles. The number of aliphatic hydroxyl groups excluding tert-OH is 1. The smallest absolute Gasteiger partial charge is 0.109 e. The normalized spacial score (nSPS) is 15.2.